The number of amides is 1. The summed E-state index contributed by atoms with van der Waals surface area (Å²) in [5.74, 6) is -0.530. The summed E-state index contributed by atoms with van der Waals surface area (Å²) in [6.45, 7) is 0.877. The van der Waals surface area contributed by atoms with E-state index in [1.165, 1.54) is 23.8 Å². The largest absolute Gasteiger partial charge is 0.452 e. The number of carbonyl (C=O) groups is 2. The van der Waals surface area contributed by atoms with Gasteiger partial charge in [-0.25, -0.2) is 13.2 Å². The van der Waals surface area contributed by atoms with Crippen LogP contribution in [0.15, 0.2) is 59.5 Å². The lowest BCUT2D eigenvalue weighted by Gasteiger charge is -2.32. The lowest BCUT2D eigenvalue weighted by molar-refractivity contribution is -0.135. The van der Waals surface area contributed by atoms with E-state index >= 15 is 0 Å². The van der Waals surface area contributed by atoms with Crippen LogP contribution in [-0.2, 0) is 25.8 Å². The SMILES string of the molecule is CS(=O)(=O)c1ccccc1C(=O)OCC(=O)N1CCC(Cc2ccccc2)CC1. The normalized spacial score (nSPS) is 15.1. The third-order valence-electron chi connectivity index (χ3n) is 5.17. The van der Waals surface area contributed by atoms with Crippen LogP contribution < -0.4 is 0 Å². The molecule has 7 heteroatoms. The van der Waals surface area contributed by atoms with Gasteiger partial charge in [0.05, 0.1) is 10.5 Å². The van der Waals surface area contributed by atoms with E-state index in [9.17, 15) is 18.0 Å². The number of likely N-dealkylation sites (tertiary alicyclic amines) is 1. The molecule has 1 heterocycles. The fourth-order valence-corrected chi connectivity index (χ4v) is 4.47. The van der Waals surface area contributed by atoms with E-state index < -0.39 is 15.8 Å². The van der Waals surface area contributed by atoms with Crippen LogP contribution in [0, 0.1) is 5.92 Å². The molecule has 6 nitrogen and oxygen atoms in total. The molecule has 0 aliphatic carbocycles. The highest BCUT2D eigenvalue weighted by molar-refractivity contribution is 7.90. The average molecular weight is 416 g/mol. The van der Waals surface area contributed by atoms with Crippen LogP contribution in [0.5, 0.6) is 0 Å². The first kappa shape index (κ1) is 21.0. The van der Waals surface area contributed by atoms with Gasteiger partial charge in [-0.2, -0.15) is 0 Å². The average Bonchev–Trinajstić information content (AvgIpc) is 2.72. The number of ether oxygens (including phenoxy) is 1. The van der Waals surface area contributed by atoms with Crippen molar-refractivity contribution < 1.29 is 22.7 Å². The predicted molar refractivity (Wildman–Crippen MR) is 109 cm³/mol. The van der Waals surface area contributed by atoms with Crippen LogP contribution in [0.1, 0.15) is 28.8 Å². The second-order valence-corrected chi connectivity index (χ2v) is 9.34. The molecular weight excluding hydrogens is 390 g/mol. The van der Waals surface area contributed by atoms with Crippen molar-refractivity contribution in [2.45, 2.75) is 24.2 Å². The summed E-state index contributed by atoms with van der Waals surface area (Å²) in [6, 6.07) is 16.1. The molecule has 1 amide bonds. The molecule has 1 aliphatic heterocycles. The minimum Gasteiger partial charge on any atom is -0.452 e. The molecule has 1 aliphatic rings. The highest BCUT2D eigenvalue weighted by atomic mass is 32.2. The van der Waals surface area contributed by atoms with Gasteiger partial charge in [0, 0.05) is 19.3 Å². The van der Waals surface area contributed by atoms with Gasteiger partial charge in [0.2, 0.25) is 0 Å². The zero-order valence-corrected chi connectivity index (χ0v) is 17.2. The van der Waals surface area contributed by atoms with Crippen molar-refractivity contribution >= 4 is 21.7 Å². The molecular formula is C22H25NO5S. The summed E-state index contributed by atoms with van der Waals surface area (Å²) in [4.78, 5) is 26.3. The van der Waals surface area contributed by atoms with Crippen molar-refractivity contribution in [2.24, 2.45) is 5.92 Å². The molecule has 0 atom stereocenters. The second kappa shape index (κ2) is 9.22. The molecule has 0 bridgehead atoms. The van der Waals surface area contributed by atoms with Gasteiger partial charge in [0.15, 0.2) is 16.4 Å². The highest BCUT2D eigenvalue weighted by Crippen LogP contribution is 2.22. The number of benzene rings is 2. The second-order valence-electron chi connectivity index (χ2n) is 7.36. The lowest BCUT2D eigenvalue weighted by atomic mass is 9.90. The summed E-state index contributed by atoms with van der Waals surface area (Å²) in [5.41, 5.74) is 1.25. The van der Waals surface area contributed by atoms with Crippen LogP contribution in [-0.4, -0.2) is 51.1 Å². The van der Waals surface area contributed by atoms with Gasteiger partial charge in [0.25, 0.3) is 5.91 Å². The van der Waals surface area contributed by atoms with Gasteiger partial charge in [-0.05, 0) is 42.9 Å². The Morgan fingerprint density at radius 2 is 1.62 bits per heavy atom. The van der Waals surface area contributed by atoms with E-state index in [0.29, 0.717) is 19.0 Å². The number of esters is 1. The first-order valence-electron chi connectivity index (χ1n) is 9.62. The third-order valence-corrected chi connectivity index (χ3v) is 6.32. The molecule has 0 unspecified atom stereocenters. The summed E-state index contributed by atoms with van der Waals surface area (Å²) in [5, 5.41) is 0. The Labute approximate surface area is 171 Å². The van der Waals surface area contributed by atoms with Crippen molar-refractivity contribution in [2.75, 3.05) is 26.0 Å². The van der Waals surface area contributed by atoms with Crippen LogP contribution in [0.3, 0.4) is 0 Å². The molecule has 29 heavy (non-hydrogen) atoms. The number of piperidine rings is 1. The Morgan fingerprint density at radius 3 is 2.28 bits per heavy atom. The number of sulfone groups is 1. The van der Waals surface area contributed by atoms with Crippen LogP contribution >= 0.6 is 0 Å². The molecule has 154 valence electrons. The van der Waals surface area contributed by atoms with E-state index in [1.807, 2.05) is 18.2 Å². The van der Waals surface area contributed by atoms with Crippen LogP contribution in [0.2, 0.25) is 0 Å². The minimum absolute atomic E-state index is 0.0515. The summed E-state index contributed by atoms with van der Waals surface area (Å²) < 4.78 is 28.8. The first-order chi connectivity index (χ1) is 13.8. The summed E-state index contributed by atoms with van der Waals surface area (Å²) in [7, 11) is -3.57. The molecule has 0 saturated carbocycles. The number of hydrogen-bond donors (Lipinski definition) is 0. The quantitative estimate of drug-likeness (QED) is 0.678. The predicted octanol–water partition coefficient (Wildman–Crippen LogP) is 2.73. The zero-order valence-electron chi connectivity index (χ0n) is 16.4. The van der Waals surface area contributed by atoms with Crippen molar-refractivity contribution in [1.82, 2.24) is 4.90 Å². The Balaban J connectivity index is 1.50. The maximum atomic E-state index is 12.4. The monoisotopic (exact) mass is 415 g/mol. The van der Waals surface area contributed by atoms with Crippen molar-refractivity contribution in [1.29, 1.82) is 0 Å². The molecule has 1 saturated heterocycles. The van der Waals surface area contributed by atoms with Crippen molar-refractivity contribution in [3.05, 3.63) is 65.7 Å². The van der Waals surface area contributed by atoms with Crippen molar-refractivity contribution in [3.63, 3.8) is 0 Å². The van der Waals surface area contributed by atoms with Crippen LogP contribution in [0.25, 0.3) is 0 Å². The Morgan fingerprint density at radius 1 is 1.00 bits per heavy atom. The number of nitrogens with zero attached hydrogens (tertiary/aromatic N) is 1. The van der Waals surface area contributed by atoms with Gasteiger partial charge in [-0.15, -0.1) is 0 Å². The lowest BCUT2D eigenvalue weighted by Crippen LogP contribution is -2.41. The fraction of sp³-hybridized carbons (Fsp3) is 0.364. The smallest absolute Gasteiger partial charge is 0.339 e. The molecule has 2 aromatic carbocycles. The van der Waals surface area contributed by atoms with E-state index in [1.54, 1.807) is 11.0 Å². The van der Waals surface area contributed by atoms with Gasteiger partial charge < -0.3 is 9.64 Å². The Bertz CT molecular complexity index is 964. The van der Waals surface area contributed by atoms with E-state index in [2.05, 4.69) is 12.1 Å². The maximum absolute atomic E-state index is 12.4. The summed E-state index contributed by atoms with van der Waals surface area (Å²) in [6.07, 6.45) is 3.85. The molecule has 0 aromatic heterocycles. The topological polar surface area (TPSA) is 80.7 Å². The Hall–Kier alpha value is -2.67. The number of rotatable bonds is 6. The van der Waals surface area contributed by atoms with Gasteiger partial charge in [-0.3, -0.25) is 4.79 Å². The number of hydrogen-bond acceptors (Lipinski definition) is 5. The standard InChI is InChI=1S/C22H25NO5S/c1-29(26,27)20-10-6-5-9-19(20)22(25)28-16-21(24)23-13-11-18(12-14-23)15-17-7-3-2-4-8-17/h2-10,18H,11-16H2,1H3. The zero-order chi connectivity index (χ0) is 20.9. The molecule has 2 aromatic rings. The van der Waals surface area contributed by atoms with E-state index in [-0.39, 0.29) is 23.0 Å². The van der Waals surface area contributed by atoms with Crippen LogP contribution in [0.4, 0.5) is 0 Å². The van der Waals surface area contributed by atoms with E-state index in [0.717, 1.165) is 25.5 Å². The highest BCUT2D eigenvalue weighted by Gasteiger charge is 2.25. The van der Waals surface area contributed by atoms with E-state index in [4.69, 9.17) is 4.74 Å². The van der Waals surface area contributed by atoms with Gasteiger partial charge in [-0.1, -0.05) is 42.5 Å². The summed E-state index contributed by atoms with van der Waals surface area (Å²) >= 11 is 0. The molecule has 0 radical (unpaired) electrons. The first-order valence-corrected chi connectivity index (χ1v) is 11.5. The molecule has 3 rings (SSSR count). The Kier molecular flexibility index (Phi) is 6.69. The van der Waals surface area contributed by atoms with Crippen molar-refractivity contribution in [3.8, 4) is 0 Å². The maximum Gasteiger partial charge on any atom is 0.339 e. The molecule has 1 fully saturated rings. The fourth-order valence-electron chi connectivity index (χ4n) is 3.59. The number of carbonyl (C=O) groups excluding carboxylic acids is 2. The van der Waals surface area contributed by atoms with Gasteiger partial charge in [0.1, 0.15) is 0 Å². The minimum atomic E-state index is -3.57. The van der Waals surface area contributed by atoms with Gasteiger partial charge >= 0.3 is 5.97 Å². The third kappa shape index (κ3) is 5.67. The molecule has 0 N–H and O–H groups in total. The molecule has 0 spiro atoms.